The maximum atomic E-state index is 6.22. The van der Waals surface area contributed by atoms with E-state index in [4.69, 9.17) is 13.7 Å². The topological polar surface area (TPSA) is 27.7 Å². The van der Waals surface area contributed by atoms with Crippen molar-refractivity contribution >= 4 is 15.4 Å². The van der Waals surface area contributed by atoms with Crippen LogP contribution >= 0.6 is 0 Å². The van der Waals surface area contributed by atoms with E-state index in [1.165, 1.54) is 0 Å². The van der Waals surface area contributed by atoms with Crippen LogP contribution in [0.15, 0.2) is 0 Å². The lowest BCUT2D eigenvalue weighted by Gasteiger charge is -2.37. The molecule has 1 aliphatic heterocycles. The molecule has 0 aromatic heterocycles. The predicted molar refractivity (Wildman–Crippen MR) is 91.6 cm³/mol. The first-order valence-corrected chi connectivity index (χ1v) is 10.6. The Bertz CT molecular complexity index is 425. The molecule has 1 rings (SSSR count). The van der Waals surface area contributed by atoms with Gasteiger partial charge in [-0.2, -0.15) is 0 Å². The van der Waals surface area contributed by atoms with Gasteiger partial charge in [-0.05, 0) is 52.8 Å². The fraction of sp³-hybridized carbons (Fsp3) is 0.875. The third-order valence-electron chi connectivity index (χ3n) is 4.94. The quantitative estimate of drug-likeness (QED) is 0.569. The highest BCUT2D eigenvalue weighted by molar-refractivity contribution is 6.74. The van der Waals surface area contributed by atoms with Gasteiger partial charge in [0.25, 0.3) is 0 Å². The Balaban J connectivity index is 2.69. The van der Waals surface area contributed by atoms with Crippen molar-refractivity contribution < 1.29 is 13.7 Å². The summed E-state index contributed by atoms with van der Waals surface area (Å²) in [5, 5.41) is 0.188. The van der Waals surface area contributed by atoms with Crippen LogP contribution in [0, 0.1) is 11.7 Å². The van der Waals surface area contributed by atoms with Crippen molar-refractivity contribution in [3.8, 4) is 11.7 Å². The molecule has 1 atom stereocenters. The first kappa shape index (κ1) is 18.8. The first-order chi connectivity index (χ1) is 9.18. The molecule has 0 amide bonds. The zero-order valence-electron chi connectivity index (χ0n) is 15.4. The summed E-state index contributed by atoms with van der Waals surface area (Å²) >= 11 is 0. The molecular formula is C16H31BO3Si. The maximum absolute atomic E-state index is 6.22. The SMILES string of the molecule is C[C@H](C#CB1OC(C)(C)C(C)(C)O1)O[Si](C)(C)C(C)(C)C. The largest absolute Gasteiger partial charge is 0.551 e. The van der Waals surface area contributed by atoms with Crippen molar-refractivity contribution in [2.45, 2.75) is 90.8 Å². The van der Waals surface area contributed by atoms with E-state index in [-0.39, 0.29) is 22.3 Å². The third-order valence-corrected chi connectivity index (χ3v) is 9.49. The van der Waals surface area contributed by atoms with Crippen LogP contribution in [0.4, 0.5) is 0 Å². The Morgan fingerprint density at radius 3 is 1.86 bits per heavy atom. The second kappa shape index (κ2) is 5.73. The molecule has 0 aromatic carbocycles. The molecule has 0 saturated carbocycles. The third kappa shape index (κ3) is 4.35. The Morgan fingerprint density at radius 1 is 1.05 bits per heavy atom. The number of hydrogen-bond donors (Lipinski definition) is 0. The van der Waals surface area contributed by atoms with Gasteiger partial charge < -0.3 is 13.7 Å². The van der Waals surface area contributed by atoms with Crippen molar-refractivity contribution in [3.63, 3.8) is 0 Å². The number of rotatable bonds is 2. The summed E-state index contributed by atoms with van der Waals surface area (Å²) in [6, 6.07) is 0. The van der Waals surface area contributed by atoms with Gasteiger partial charge in [-0.1, -0.05) is 32.5 Å². The van der Waals surface area contributed by atoms with Crippen molar-refractivity contribution in [2.75, 3.05) is 0 Å². The van der Waals surface area contributed by atoms with Crippen LogP contribution in [0.25, 0.3) is 0 Å². The molecule has 3 nitrogen and oxygen atoms in total. The molecule has 1 saturated heterocycles. The summed E-state index contributed by atoms with van der Waals surface area (Å²) in [4.78, 5) is 0. The molecule has 0 N–H and O–H groups in total. The summed E-state index contributed by atoms with van der Waals surface area (Å²) in [5.41, 5.74) is -0.675. The highest BCUT2D eigenvalue weighted by atomic mass is 28.4. The van der Waals surface area contributed by atoms with Gasteiger partial charge in [-0.15, -0.1) is 0 Å². The molecule has 0 unspecified atom stereocenters. The van der Waals surface area contributed by atoms with Gasteiger partial charge >= 0.3 is 7.12 Å². The molecule has 0 radical (unpaired) electrons. The summed E-state index contributed by atoms with van der Waals surface area (Å²) < 4.78 is 18.0. The lowest BCUT2D eigenvalue weighted by atomic mass is 9.90. The molecule has 1 heterocycles. The van der Waals surface area contributed by atoms with Gasteiger partial charge in [0.1, 0.15) is 6.10 Å². The summed E-state index contributed by atoms with van der Waals surface area (Å²) in [6.07, 6.45) is -0.107. The molecule has 1 fully saturated rings. The lowest BCUT2D eigenvalue weighted by molar-refractivity contribution is 0.00578. The van der Waals surface area contributed by atoms with Gasteiger partial charge in [-0.3, -0.25) is 0 Å². The van der Waals surface area contributed by atoms with Gasteiger partial charge in [0, 0.05) is 0 Å². The Labute approximate surface area is 132 Å². The second-order valence-electron chi connectivity index (χ2n) is 8.40. The Kier molecular flexibility index (Phi) is 5.12. The molecule has 0 aliphatic carbocycles. The van der Waals surface area contributed by atoms with Gasteiger partial charge in [0.15, 0.2) is 8.32 Å². The monoisotopic (exact) mass is 310 g/mol. The van der Waals surface area contributed by atoms with Crippen LogP contribution in [0.3, 0.4) is 0 Å². The van der Waals surface area contributed by atoms with E-state index in [2.05, 4.69) is 45.6 Å². The molecule has 5 heteroatoms. The van der Waals surface area contributed by atoms with Crippen LogP contribution in [0.2, 0.25) is 18.1 Å². The molecule has 0 aromatic rings. The standard InChI is InChI=1S/C16H31BO3Si/c1-13(18-21(9,10)14(2,3)4)11-12-17-19-15(5,6)16(7,8)20-17/h13H,1-10H3/t13-/m1/s1. The van der Waals surface area contributed by atoms with Crippen molar-refractivity contribution in [1.29, 1.82) is 0 Å². The van der Waals surface area contributed by atoms with Crippen LogP contribution < -0.4 is 0 Å². The minimum absolute atomic E-state index is 0.107. The van der Waals surface area contributed by atoms with Crippen molar-refractivity contribution in [3.05, 3.63) is 0 Å². The van der Waals surface area contributed by atoms with Crippen LogP contribution in [0.1, 0.15) is 55.4 Å². The van der Waals surface area contributed by atoms with E-state index in [0.29, 0.717) is 0 Å². The molecular weight excluding hydrogens is 279 g/mol. The zero-order valence-corrected chi connectivity index (χ0v) is 16.4. The summed E-state index contributed by atoms with van der Waals surface area (Å²) in [5.74, 6) is 6.21. The van der Waals surface area contributed by atoms with E-state index in [1.807, 2.05) is 34.6 Å². The Morgan fingerprint density at radius 2 is 1.48 bits per heavy atom. The fourth-order valence-electron chi connectivity index (χ4n) is 1.74. The van der Waals surface area contributed by atoms with Gasteiger partial charge in [-0.25, -0.2) is 0 Å². The smallest absolute Gasteiger partial charge is 0.404 e. The van der Waals surface area contributed by atoms with Crippen LogP contribution in [-0.2, 0) is 13.7 Å². The normalized spacial score (nSPS) is 22.7. The van der Waals surface area contributed by atoms with Crippen molar-refractivity contribution in [2.24, 2.45) is 0 Å². The summed E-state index contributed by atoms with van der Waals surface area (Å²) in [7, 11) is -2.26. The van der Waals surface area contributed by atoms with Crippen molar-refractivity contribution in [1.82, 2.24) is 0 Å². The van der Waals surface area contributed by atoms with E-state index >= 15 is 0 Å². The minimum atomic E-state index is -1.79. The average molecular weight is 310 g/mol. The van der Waals surface area contributed by atoms with E-state index in [1.54, 1.807) is 0 Å². The first-order valence-electron chi connectivity index (χ1n) is 7.72. The average Bonchev–Trinajstić information content (AvgIpc) is 2.42. The Hall–Kier alpha value is -0.278. The lowest BCUT2D eigenvalue weighted by Crippen LogP contribution is -2.43. The molecule has 0 bridgehead atoms. The second-order valence-corrected chi connectivity index (χ2v) is 13.2. The molecule has 120 valence electrons. The van der Waals surface area contributed by atoms with Crippen LogP contribution in [0.5, 0.6) is 0 Å². The highest BCUT2D eigenvalue weighted by Crippen LogP contribution is 2.38. The van der Waals surface area contributed by atoms with E-state index < -0.39 is 15.4 Å². The minimum Gasteiger partial charge on any atom is -0.404 e. The fourth-order valence-corrected chi connectivity index (χ4v) is 3.03. The highest BCUT2D eigenvalue weighted by Gasteiger charge is 2.50. The molecule has 21 heavy (non-hydrogen) atoms. The zero-order chi connectivity index (χ0) is 16.7. The molecule has 1 aliphatic rings. The summed E-state index contributed by atoms with van der Waals surface area (Å²) in [6.45, 7) is 21.3. The molecule has 0 spiro atoms. The van der Waals surface area contributed by atoms with E-state index in [9.17, 15) is 0 Å². The maximum Gasteiger partial charge on any atom is 0.551 e. The van der Waals surface area contributed by atoms with Gasteiger partial charge in [0.2, 0.25) is 0 Å². The van der Waals surface area contributed by atoms with Crippen LogP contribution in [-0.4, -0.2) is 32.7 Å². The van der Waals surface area contributed by atoms with Gasteiger partial charge in [0.05, 0.1) is 11.2 Å². The number of hydrogen-bond acceptors (Lipinski definition) is 3. The van der Waals surface area contributed by atoms with E-state index in [0.717, 1.165) is 0 Å². The predicted octanol–water partition coefficient (Wildman–Crippen LogP) is 4.03.